The van der Waals surface area contributed by atoms with Gasteiger partial charge < -0.3 is 5.73 Å². The number of hydrogen-bond acceptors (Lipinski definition) is 3. The molecule has 4 nitrogen and oxygen atoms in total. The van der Waals surface area contributed by atoms with Gasteiger partial charge in [0.2, 0.25) is 10.0 Å². The Morgan fingerprint density at radius 3 is 2.60 bits per heavy atom. The minimum Gasteiger partial charge on any atom is -0.399 e. The van der Waals surface area contributed by atoms with Crippen LogP contribution >= 0.6 is 15.9 Å². The summed E-state index contributed by atoms with van der Waals surface area (Å²) in [4.78, 5) is 0.208. The molecule has 0 aromatic heterocycles. The summed E-state index contributed by atoms with van der Waals surface area (Å²) >= 11 is 3.28. The summed E-state index contributed by atoms with van der Waals surface area (Å²) in [5.41, 5.74) is 6.13. The number of rotatable bonds is 4. The molecule has 0 spiro atoms. The lowest BCUT2D eigenvalue weighted by Crippen LogP contribution is -2.39. The third kappa shape index (κ3) is 3.74. The van der Waals surface area contributed by atoms with Crippen LogP contribution in [0.3, 0.4) is 0 Å². The summed E-state index contributed by atoms with van der Waals surface area (Å²) in [6.07, 6.45) is 5.84. The van der Waals surface area contributed by atoms with Gasteiger partial charge in [-0.2, -0.15) is 0 Å². The zero-order valence-electron chi connectivity index (χ0n) is 11.6. The van der Waals surface area contributed by atoms with E-state index < -0.39 is 10.0 Å². The van der Waals surface area contributed by atoms with Crippen LogP contribution in [0.2, 0.25) is 0 Å². The molecule has 0 amide bonds. The van der Waals surface area contributed by atoms with Gasteiger partial charge in [-0.25, -0.2) is 13.1 Å². The molecule has 1 aliphatic carbocycles. The normalized spacial score (nSPS) is 18.9. The number of nitrogen functional groups attached to an aromatic ring is 1. The van der Waals surface area contributed by atoms with Gasteiger partial charge in [0.05, 0.1) is 4.90 Å². The molecule has 0 aliphatic heterocycles. The molecule has 1 unspecified atom stereocenters. The first-order valence-corrected chi connectivity index (χ1v) is 9.25. The van der Waals surface area contributed by atoms with Crippen molar-refractivity contribution in [2.45, 2.75) is 50.0 Å². The van der Waals surface area contributed by atoms with Crippen molar-refractivity contribution in [2.75, 3.05) is 5.73 Å². The second kappa shape index (κ2) is 6.45. The SMILES string of the molecule is CC(NS(=O)(=O)c1cc(N)ccc1Br)C1CCCCC1. The summed E-state index contributed by atoms with van der Waals surface area (Å²) in [6, 6.07) is 4.77. The number of nitrogens with one attached hydrogen (secondary N) is 1. The lowest BCUT2D eigenvalue weighted by atomic mass is 9.85. The smallest absolute Gasteiger partial charge is 0.242 e. The molecule has 2 rings (SSSR count). The molecule has 1 aliphatic rings. The second-order valence-electron chi connectivity index (χ2n) is 5.50. The molecule has 1 aromatic rings. The molecular weight excluding hydrogens is 340 g/mol. The number of anilines is 1. The summed E-state index contributed by atoms with van der Waals surface area (Å²) in [5.74, 6) is 0.429. The molecule has 0 radical (unpaired) electrons. The van der Waals surface area contributed by atoms with Crippen molar-refractivity contribution in [1.82, 2.24) is 4.72 Å². The third-order valence-electron chi connectivity index (χ3n) is 3.94. The van der Waals surface area contributed by atoms with Crippen molar-refractivity contribution >= 4 is 31.6 Å². The van der Waals surface area contributed by atoms with Crippen LogP contribution in [-0.4, -0.2) is 14.5 Å². The molecule has 0 heterocycles. The first kappa shape index (κ1) is 15.8. The van der Waals surface area contributed by atoms with Gasteiger partial charge in [0, 0.05) is 16.2 Å². The number of hydrogen-bond donors (Lipinski definition) is 2. The monoisotopic (exact) mass is 360 g/mol. The number of sulfonamides is 1. The predicted octanol–water partition coefficient (Wildman–Crippen LogP) is 3.28. The molecule has 1 atom stereocenters. The van der Waals surface area contributed by atoms with E-state index >= 15 is 0 Å². The minimum absolute atomic E-state index is 0.0476. The fourth-order valence-electron chi connectivity index (χ4n) is 2.76. The van der Waals surface area contributed by atoms with E-state index in [4.69, 9.17) is 5.73 Å². The van der Waals surface area contributed by atoms with Gasteiger partial charge >= 0.3 is 0 Å². The summed E-state index contributed by atoms with van der Waals surface area (Å²) in [6.45, 7) is 1.95. The highest BCUT2D eigenvalue weighted by Gasteiger charge is 2.26. The van der Waals surface area contributed by atoms with Gasteiger partial charge in [-0.1, -0.05) is 19.3 Å². The van der Waals surface area contributed by atoms with Crippen molar-refractivity contribution in [2.24, 2.45) is 5.92 Å². The Bertz CT molecular complexity index is 569. The lowest BCUT2D eigenvalue weighted by molar-refractivity contribution is 0.303. The average molecular weight is 361 g/mol. The van der Waals surface area contributed by atoms with Gasteiger partial charge in [0.1, 0.15) is 0 Å². The topological polar surface area (TPSA) is 72.2 Å². The Labute approximate surface area is 129 Å². The van der Waals surface area contributed by atoms with Crippen LogP contribution in [0.25, 0.3) is 0 Å². The van der Waals surface area contributed by atoms with Gasteiger partial charge in [0.15, 0.2) is 0 Å². The zero-order chi connectivity index (χ0) is 14.8. The van der Waals surface area contributed by atoms with Crippen LogP contribution in [0.1, 0.15) is 39.0 Å². The molecule has 6 heteroatoms. The van der Waals surface area contributed by atoms with Crippen molar-refractivity contribution in [3.63, 3.8) is 0 Å². The fourth-order valence-corrected chi connectivity index (χ4v) is 5.08. The fraction of sp³-hybridized carbons (Fsp3) is 0.571. The Morgan fingerprint density at radius 1 is 1.30 bits per heavy atom. The molecular formula is C14H21BrN2O2S. The highest BCUT2D eigenvalue weighted by molar-refractivity contribution is 9.10. The van der Waals surface area contributed by atoms with E-state index in [9.17, 15) is 8.42 Å². The molecule has 1 fully saturated rings. The van der Waals surface area contributed by atoms with Crippen LogP contribution in [-0.2, 0) is 10.0 Å². The van der Waals surface area contributed by atoms with Crippen molar-refractivity contribution in [3.05, 3.63) is 22.7 Å². The van der Waals surface area contributed by atoms with E-state index in [0.29, 0.717) is 16.1 Å². The highest BCUT2D eigenvalue weighted by Crippen LogP contribution is 2.29. The Kier molecular flexibility index (Phi) is 5.09. The van der Waals surface area contributed by atoms with Gasteiger partial charge in [-0.15, -0.1) is 0 Å². The molecule has 0 bridgehead atoms. The van der Waals surface area contributed by atoms with E-state index in [2.05, 4.69) is 20.7 Å². The first-order valence-electron chi connectivity index (χ1n) is 6.97. The predicted molar refractivity (Wildman–Crippen MR) is 84.9 cm³/mol. The average Bonchev–Trinajstić information content (AvgIpc) is 2.42. The van der Waals surface area contributed by atoms with E-state index in [0.717, 1.165) is 12.8 Å². The number of benzene rings is 1. The van der Waals surface area contributed by atoms with Gasteiger partial charge in [-0.05, 0) is 59.8 Å². The molecule has 3 N–H and O–H groups in total. The van der Waals surface area contributed by atoms with E-state index in [-0.39, 0.29) is 10.9 Å². The van der Waals surface area contributed by atoms with Crippen molar-refractivity contribution in [3.8, 4) is 0 Å². The van der Waals surface area contributed by atoms with Crippen molar-refractivity contribution < 1.29 is 8.42 Å². The maximum absolute atomic E-state index is 12.5. The van der Waals surface area contributed by atoms with Crippen LogP contribution in [0.15, 0.2) is 27.6 Å². The molecule has 112 valence electrons. The molecule has 0 saturated heterocycles. The quantitative estimate of drug-likeness (QED) is 0.809. The first-order chi connectivity index (χ1) is 9.40. The Morgan fingerprint density at radius 2 is 1.95 bits per heavy atom. The third-order valence-corrected chi connectivity index (χ3v) is 6.50. The summed E-state index contributed by atoms with van der Waals surface area (Å²) in [7, 11) is -3.54. The standard InChI is InChI=1S/C14H21BrN2O2S/c1-10(11-5-3-2-4-6-11)17-20(18,19)14-9-12(16)7-8-13(14)15/h7-11,17H,2-6,16H2,1H3. The van der Waals surface area contributed by atoms with Crippen molar-refractivity contribution in [1.29, 1.82) is 0 Å². The summed E-state index contributed by atoms with van der Waals surface area (Å²) in [5, 5.41) is 0. The molecule has 1 saturated carbocycles. The van der Waals surface area contributed by atoms with Crippen LogP contribution < -0.4 is 10.5 Å². The zero-order valence-corrected chi connectivity index (χ0v) is 14.0. The lowest BCUT2D eigenvalue weighted by Gasteiger charge is -2.28. The number of halogens is 1. The second-order valence-corrected chi connectivity index (χ2v) is 8.03. The van der Waals surface area contributed by atoms with Crippen LogP contribution in [0.5, 0.6) is 0 Å². The van der Waals surface area contributed by atoms with Gasteiger partial charge in [-0.3, -0.25) is 0 Å². The highest BCUT2D eigenvalue weighted by atomic mass is 79.9. The van der Waals surface area contributed by atoms with E-state index in [1.165, 1.54) is 25.3 Å². The summed E-state index contributed by atoms with van der Waals surface area (Å²) < 4.78 is 28.3. The van der Waals surface area contributed by atoms with E-state index in [1.807, 2.05) is 6.92 Å². The molecule has 20 heavy (non-hydrogen) atoms. The maximum atomic E-state index is 12.5. The molecule has 1 aromatic carbocycles. The van der Waals surface area contributed by atoms with E-state index in [1.54, 1.807) is 12.1 Å². The van der Waals surface area contributed by atoms with Crippen LogP contribution in [0.4, 0.5) is 5.69 Å². The Balaban J connectivity index is 2.16. The maximum Gasteiger partial charge on any atom is 0.242 e. The largest absolute Gasteiger partial charge is 0.399 e. The minimum atomic E-state index is -3.54. The number of nitrogens with two attached hydrogens (primary N) is 1. The van der Waals surface area contributed by atoms with Crippen LogP contribution in [0, 0.1) is 5.92 Å². The van der Waals surface area contributed by atoms with Gasteiger partial charge in [0.25, 0.3) is 0 Å². The Hall–Kier alpha value is -0.590.